The Hall–Kier alpha value is -1.58. The van der Waals surface area contributed by atoms with Crippen molar-refractivity contribution in [2.45, 2.75) is 26.2 Å². The molecule has 3 rings (SSSR count). The monoisotopic (exact) mass is 344 g/mol. The highest BCUT2D eigenvalue weighted by atomic mass is 35.5. The largest absolute Gasteiger partial charge is 0.494 e. The van der Waals surface area contributed by atoms with Gasteiger partial charge in [-0.3, -0.25) is 0 Å². The summed E-state index contributed by atoms with van der Waals surface area (Å²) in [7, 11) is 0. The van der Waals surface area contributed by atoms with E-state index in [-0.39, 0.29) is 0 Å². The van der Waals surface area contributed by atoms with Crippen molar-refractivity contribution >= 4 is 11.6 Å². The fourth-order valence-corrected chi connectivity index (χ4v) is 3.47. The van der Waals surface area contributed by atoms with Gasteiger partial charge < -0.3 is 9.64 Å². The van der Waals surface area contributed by atoms with Gasteiger partial charge in [0.05, 0.1) is 6.61 Å². The van der Waals surface area contributed by atoms with E-state index in [0.717, 1.165) is 42.4 Å². The Labute approximate surface area is 149 Å². The van der Waals surface area contributed by atoms with Crippen LogP contribution in [-0.2, 0) is 0 Å². The van der Waals surface area contributed by atoms with E-state index in [9.17, 15) is 0 Å². The molecule has 0 radical (unpaired) electrons. The van der Waals surface area contributed by atoms with Gasteiger partial charge in [0.15, 0.2) is 0 Å². The second kappa shape index (κ2) is 8.50. The molecule has 4 heteroatoms. The Kier molecular flexibility index (Phi) is 6.11. The zero-order valence-corrected chi connectivity index (χ0v) is 15.0. The standard InChI is InChI=1S/C20H25ClN2O/c1-16-4-2-11-23(15-16)12-3-13-24-19-7-5-17(6-8-19)18-9-10-22-20(21)14-18/h5-10,14,16H,2-4,11-13,15H2,1H3/t16-/m0/s1. The smallest absolute Gasteiger partial charge is 0.129 e. The van der Waals surface area contributed by atoms with Crippen LogP contribution in [-0.4, -0.2) is 36.1 Å². The number of pyridine rings is 1. The summed E-state index contributed by atoms with van der Waals surface area (Å²) >= 11 is 5.94. The topological polar surface area (TPSA) is 25.4 Å². The molecule has 1 aliphatic heterocycles. The number of nitrogens with zero attached hydrogens (tertiary/aromatic N) is 2. The minimum absolute atomic E-state index is 0.514. The van der Waals surface area contributed by atoms with Crippen LogP contribution >= 0.6 is 11.6 Å². The first-order valence-electron chi connectivity index (χ1n) is 8.78. The van der Waals surface area contributed by atoms with Crippen molar-refractivity contribution in [1.82, 2.24) is 9.88 Å². The van der Waals surface area contributed by atoms with Crippen LogP contribution in [0.15, 0.2) is 42.6 Å². The maximum atomic E-state index is 5.94. The van der Waals surface area contributed by atoms with E-state index in [1.54, 1.807) is 6.20 Å². The number of rotatable bonds is 6. The number of likely N-dealkylation sites (tertiary alicyclic amines) is 1. The van der Waals surface area contributed by atoms with Gasteiger partial charge >= 0.3 is 0 Å². The Morgan fingerprint density at radius 2 is 2.04 bits per heavy atom. The van der Waals surface area contributed by atoms with E-state index >= 15 is 0 Å². The van der Waals surface area contributed by atoms with Crippen LogP contribution in [0, 0.1) is 5.92 Å². The molecule has 3 nitrogen and oxygen atoms in total. The van der Waals surface area contributed by atoms with E-state index in [1.807, 2.05) is 24.3 Å². The fourth-order valence-electron chi connectivity index (χ4n) is 3.29. The summed E-state index contributed by atoms with van der Waals surface area (Å²) in [5.74, 6) is 1.76. The number of hydrogen-bond donors (Lipinski definition) is 0. The Balaban J connectivity index is 1.45. The molecule has 0 saturated carbocycles. The van der Waals surface area contributed by atoms with Gasteiger partial charge in [-0.2, -0.15) is 0 Å². The lowest BCUT2D eigenvalue weighted by Gasteiger charge is -2.30. The summed E-state index contributed by atoms with van der Waals surface area (Å²) < 4.78 is 5.87. The molecule has 0 unspecified atom stereocenters. The molecule has 128 valence electrons. The van der Waals surface area contributed by atoms with Gasteiger partial charge in [0.2, 0.25) is 0 Å². The third-order valence-corrected chi connectivity index (χ3v) is 4.75. The zero-order valence-electron chi connectivity index (χ0n) is 14.2. The summed E-state index contributed by atoms with van der Waals surface area (Å²) in [6.07, 6.45) is 5.52. The molecule has 0 bridgehead atoms. The zero-order chi connectivity index (χ0) is 16.8. The molecule has 0 aliphatic carbocycles. The summed E-state index contributed by atoms with van der Waals surface area (Å²) in [5.41, 5.74) is 2.19. The highest BCUT2D eigenvalue weighted by Gasteiger charge is 2.15. The molecule has 1 fully saturated rings. The lowest BCUT2D eigenvalue weighted by molar-refractivity contribution is 0.170. The second-order valence-corrected chi connectivity index (χ2v) is 7.03. The van der Waals surface area contributed by atoms with Gasteiger partial charge in [0.25, 0.3) is 0 Å². The second-order valence-electron chi connectivity index (χ2n) is 6.64. The van der Waals surface area contributed by atoms with Gasteiger partial charge in [-0.25, -0.2) is 4.98 Å². The van der Waals surface area contributed by atoms with Crippen molar-refractivity contribution in [3.63, 3.8) is 0 Å². The summed E-state index contributed by atoms with van der Waals surface area (Å²) in [4.78, 5) is 6.58. The SMILES string of the molecule is C[C@H]1CCCN(CCCOc2ccc(-c3ccnc(Cl)c3)cc2)C1. The summed E-state index contributed by atoms with van der Waals surface area (Å²) in [6.45, 7) is 6.74. The van der Waals surface area contributed by atoms with Gasteiger partial charge in [0.1, 0.15) is 10.9 Å². The van der Waals surface area contributed by atoms with Crippen molar-refractivity contribution in [2.24, 2.45) is 5.92 Å². The van der Waals surface area contributed by atoms with Gasteiger partial charge in [-0.05, 0) is 67.1 Å². The van der Waals surface area contributed by atoms with Crippen LogP contribution in [0.5, 0.6) is 5.75 Å². The van der Waals surface area contributed by atoms with Crippen LogP contribution in [0.2, 0.25) is 5.15 Å². The molecule has 1 aliphatic rings. The van der Waals surface area contributed by atoms with Crippen molar-refractivity contribution in [1.29, 1.82) is 0 Å². The molecule has 1 aromatic heterocycles. The first kappa shape index (κ1) is 17.2. The molecule has 2 aromatic rings. The van der Waals surface area contributed by atoms with Crippen LogP contribution in [0.25, 0.3) is 11.1 Å². The maximum absolute atomic E-state index is 5.94. The Morgan fingerprint density at radius 3 is 2.79 bits per heavy atom. The molecule has 0 amide bonds. The molecule has 24 heavy (non-hydrogen) atoms. The van der Waals surface area contributed by atoms with Crippen molar-refractivity contribution in [2.75, 3.05) is 26.2 Å². The number of benzene rings is 1. The third-order valence-electron chi connectivity index (χ3n) is 4.54. The molecular formula is C20H25ClN2O. The maximum Gasteiger partial charge on any atom is 0.129 e. The average Bonchev–Trinajstić information content (AvgIpc) is 2.59. The van der Waals surface area contributed by atoms with E-state index in [1.165, 1.54) is 25.9 Å². The first-order chi connectivity index (χ1) is 11.7. The van der Waals surface area contributed by atoms with Crippen LogP contribution < -0.4 is 4.74 Å². The lowest BCUT2D eigenvalue weighted by Crippen LogP contribution is -2.35. The van der Waals surface area contributed by atoms with E-state index in [2.05, 4.69) is 28.9 Å². The molecule has 0 N–H and O–H groups in total. The fraction of sp³-hybridized carbons (Fsp3) is 0.450. The highest BCUT2D eigenvalue weighted by molar-refractivity contribution is 6.29. The molecule has 2 heterocycles. The minimum atomic E-state index is 0.514. The van der Waals surface area contributed by atoms with Crippen molar-refractivity contribution < 1.29 is 4.74 Å². The molecule has 1 atom stereocenters. The van der Waals surface area contributed by atoms with Gasteiger partial charge in [-0.15, -0.1) is 0 Å². The Morgan fingerprint density at radius 1 is 1.21 bits per heavy atom. The molecule has 1 saturated heterocycles. The van der Waals surface area contributed by atoms with E-state index in [4.69, 9.17) is 16.3 Å². The Bertz CT molecular complexity index is 644. The van der Waals surface area contributed by atoms with Gasteiger partial charge in [0, 0.05) is 19.3 Å². The normalized spacial score (nSPS) is 18.5. The number of halogens is 1. The summed E-state index contributed by atoms with van der Waals surface area (Å²) in [6, 6.07) is 12.0. The number of hydrogen-bond acceptors (Lipinski definition) is 3. The average molecular weight is 345 g/mol. The van der Waals surface area contributed by atoms with Crippen molar-refractivity contribution in [3.8, 4) is 16.9 Å². The molecular weight excluding hydrogens is 320 g/mol. The summed E-state index contributed by atoms with van der Waals surface area (Å²) in [5, 5.41) is 0.514. The van der Waals surface area contributed by atoms with Crippen molar-refractivity contribution in [3.05, 3.63) is 47.7 Å². The lowest BCUT2D eigenvalue weighted by atomic mass is 10.0. The number of ether oxygens (including phenoxy) is 1. The predicted molar refractivity (Wildman–Crippen MR) is 99.6 cm³/mol. The van der Waals surface area contributed by atoms with E-state index < -0.39 is 0 Å². The molecule has 1 aromatic carbocycles. The van der Waals surface area contributed by atoms with Gasteiger partial charge in [-0.1, -0.05) is 30.7 Å². The van der Waals surface area contributed by atoms with Crippen LogP contribution in [0.3, 0.4) is 0 Å². The predicted octanol–water partition coefficient (Wildman–Crippen LogP) is 4.90. The highest BCUT2D eigenvalue weighted by Crippen LogP contribution is 2.24. The van der Waals surface area contributed by atoms with E-state index in [0.29, 0.717) is 5.15 Å². The first-order valence-corrected chi connectivity index (χ1v) is 9.15. The third kappa shape index (κ3) is 4.96. The van der Waals surface area contributed by atoms with Crippen LogP contribution in [0.4, 0.5) is 0 Å². The minimum Gasteiger partial charge on any atom is -0.494 e. The number of aromatic nitrogens is 1. The number of piperidine rings is 1. The van der Waals surface area contributed by atoms with Crippen LogP contribution in [0.1, 0.15) is 26.2 Å². The molecule has 0 spiro atoms. The quantitative estimate of drug-likeness (QED) is 0.550.